The summed E-state index contributed by atoms with van der Waals surface area (Å²) in [6.45, 7) is 2.93. The van der Waals surface area contributed by atoms with E-state index in [-0.39, 0.29) is 11.7 Å². The summed E-state index contributed by atoms with van der Waals surface area (Å²) in [6.07, 6.45) is 0.390. The molecule has 0 saturated heterocycles. The molecule has 0 radical (unpaired) electrons. The third kappa shape index (κ3) is 8.04. The summed E-state index contributed by atoms with van der Waals surface area (Å²) in [5.74, 6) is 0.341. The normalized spacial score (nSPS) is 10.9. The number of rotatable bonds is 10. The second-order valence-corrected chi connectivity index (χ2v) is 5.81. The first kappa shape index (κ1) is 17.9. The van der Waals surface area contributed by atoms with Gasteiger partial charge in [0, 0.05) is 43.8 Å². The summed E-state index contributed by atoms with van der Waals surface area (Å²) < 4.78 is 18.4. The first-order valence-electron chi connectivity index (χ1n) is 6.95. The Hall–Kier alpha value is -1.11. The number of likely N-dealkylation sites (N-methyl/N-ethyl adjacent to an activating group) is 1. The van der Waals surface area contributed by atoms with Gasteiger partial charge in [-0.05, 0) is 19.2 Å². The summed E-state index contributed by atoms with van der Waals surface area (Å²) in [7, 11) is 3.65. The summed E-state index contributed by atoms with van der Waals surface area (Å²) in [5, 5.41) is 2.86. The number of methoxy groups -OCH3 is 1. The van der Waals surface area contributed by atoms with Gasteiger partial charge in [-0.1, -0.05) is 12.1 Å². The topological polar surface area (TPSA) is 41.6 Å². The molecule has 0 bridgehead atoms. The van der Waals surface area contributed by atoms with Crippen LogP contribution >= 0.6 is 11.8 Å². The van der Waals surface area contributed by atoms with E-state index >= 15 is 0 Å². The molecule has 0 fully saturated rings. The lowest BCUT2D eigenvalue weighted by Gasteiger charge is -2.16. The van der Waals surface area contributed by atoms with Gasteiger partial charge >= 0.3 is 0 Å². The van der Waals surface area contributed by atoms with Crippen LogP contribution in [0, 0.1) is 5.82 Å². The van der Waals surface area contributed by atoms with Crippen molar-refractivity contribution in [1.82, 2.24) is 10.2 Å². The quantitative estimate of drug-likeness (QED) is 0.671. The molecule has 0 unspecified atom stereocenters. The van der Waals surface area contributed by atoms with Gasteiger partial charge in [-0.15, -0.1) is 11.8 Å². The number of hydrogen-bond donors (Lipinski definition) is 1. The molecule has 21 heavy (non-hydrogen) atoms. The van der Waals surface area contributed by atoms with Crippen molar-refractivity contribution in [2.24, 2.45) is 0 Å². The molecule has 6 heteroatoms. The smallest absolute Gasteiger partial charge is 0.220 e. The van der Waals surface area contributed by atoms with Crippen LogP contribution in [0.15, 0.2) is 29.2 Å². The van der Waals surface area contributed by atoms with Gasteiger partial charge in [-0.2, -0.15) is 0 Å². The van der Waals surface area contributed by atoms with Crippen molar-refractivity contribution in [3.63, 3.8) is 0 Å². The lowest BCUT2D eigenvalue weighted by molar-refractivity contribution is -0.120. The molecule has 1 N–H and O–H groups in total. The summed E-state index contributed by atoms with van der Waals surface area (Å²) in [5.41, 5.74) is 0. The number of ether oxygens (including phenoxy) is 1. The average Bonchev–Trinajstić information content (AvgIpc) is 2.47. The fourth-order valence-electron chi connectivity index (χ4n) is 1.65. The minimum absolute atomic E-state index is 0.000944. The van der Waals surface area contributed by atoms with Crippen LogP contribution in [0.2, 0.25) is 0 Å². The lowest BCUT2D eigenvalue weighted by atomic mass is 10.3. The highest BCUT2D eigenvalue weighted by atomic mass is 32.2. The molecular formula is C15H23FN2O2S. The Kier molecular flexibility index (Phi) is 9.05. The fraction of sp³-hybridized carbons (Fsp3) is 0.533. The number of nitrogens with zero attached hydrogens (tertiary/aromatic N) is 1. The largest absolute Gasteiger partial charge is 0.383 e. The highest BCUT2D eigenvalue weighted by Gasteiger charge is 2.05. The van der Waals surface area contributed by atoms with Crippen molar-refractivity contribution in [2.75, 3.05) is 46.2 Å². The van der Waals surface area contributed by atoms with E-state index in [2.05, 4.69) is 10.2 Å². The highest BCUT2D eigenvalue weighted by molar-refractivity contribution is 7.99. The van der Waals surface area contributed by atoms with Crippen molar-refractivity contribution in [3.05, 3.63) is 30.1 Å². The number of carbonyl (C=O) groups excluding carboxylic acids is 1. The van der Waals surface area contributed by atoms with Crippen LogP contribution < -0.4 is 5.32 Å². The van der Waals surface area contributed by atoms with Crippen LogP contribution in [0.1, 0.15) is 6.42 Å². The Balaban J connectivity index is 2.10. The number of thioether (sulfide) groups is 1. The van der Waals surface area contributed by atoms with Crippen molar-refractivity contribution in [1.29, 1.82) is 0 Å². The highest BCUT2D eigenvalue weighted by Crippen LogP contribution is 2.21. The Morgan fingerprint density at radius 3 is 2.86 bits per heavy atom. The van der Waals surface area contributed by atoms with E-state index in [1.165, 1.54) is 17.8 Å². The van der Waals surface area contributed by atoms with Gasteiger partial charge in [-0.25, -0.2) is 4.39 Å². The molecule has 0 aliphatic rings. The van der Waals surface area contributed by atoms with E-state index in [1.54, 1.807) is 25.3 Å². The van der Waals surface area contributed by atoms with E-state index in [4.69, 9.17) is 4.74 Å². The molecular weight excluding hydrogens is 291 g/mol. The van der Waals surface area contributed by atoms with E-state index in [0.717, 1.165) is 13.1 Å². The van der Waals surface area contributed by atoms with Crippen molar-refractivity contribution in [3.8, 4) is 0 Å². The van der Waals surface area contributed by atoms with E-state index in [1.807, 2.05) is 7.05 Å². The third-order valence-electron chi connectivity index (χ3n) is 2.92. The first-order valence-corrected chi connectivity index (χ1v) is 7.93. The molecule has 1 amide bonds. The third-order valence-corrected chi connectivity index (χ3v) is 3.97. The second-order valence-electron chi connectivity index (χ2n) is 4.67. The maximum absolute atomic E-state index is 13.4. The standard InChI is InChI=1S/C15H23FN2O2S/c1-18(10-11-20-2)9-8-17-15(19)7-12-21-14-6-4-3-5-13(14)16/h3-6H,7-12H2,1-2H3,(H,17,19). The SMILES string of the molecule is COCCN(C)CCNC(=O)CCSc1ccccc1F. The minimum atomic E-state index is -0.234. The molecule has 0 spiro atoms. The number of hydrogen-bond acceptors (Lipinski definition) is 4. The van der Waals surface area contributed by atoms with Crippen LogP contribution in [-0.2, 0) is 9.53 Å². The number of benzene rings is 1. The van der Waals surface area contributed by atoms with Gasteiger partial charge in [0.25, 0.3) is 0 Å². The number of amides is 1. The van der Waals surface area contributed by atoms with Crippen LogP contribution in [0.5, 0.6) is 0 Å². The maximum atomic E-state index is 13.4. The average molecular weight is 314 g/mol. The first-order chi connectivity index (χ1) is 10.1. The molecule has 0 atom stereocenters. The molecule has 0 aromatic heterocycles. The van der Waals surface area contributed by atoms with Crippen molar-refractivity contribution >= 4 is 17.7 Å². The summed E-state index contributed by atoms with van der Waals surface area (Å²) >= 11 is 1.36. The minimum Gasteiger partial charge on any atom is -0.383 e. The molecule has 0 aliphatic carbocycles. The fourth-order valence-corrected chi connectivity index (χ4v) is 2.54. The molecule has 1 aromatic rings. The number of carbonyl (C=O) groups is 1. The van der Waals surface area contributed by atoms with Crippen molar-refractivity contribution in [2.45, 2.75) is 11.3 Å². The molecule has 0 heterocycles. The number of nitrogens with one attached hydrogen (secondary N) is 1. The van der Waals surface area contributed by atoms with Crippen LogP contribution in [-0.4, -0.2) is 57.0 Å². The lowest BCUT2D eigenvalue weighted by Crippen LogP contribution is -2.34. The molecule has 4 nitrogen and oxygen atoms in total. The molecule has 0 aliphatic heterocycles. The zero-order valence-corrected chi connectivity index (χ0v) is 13.4. The van der Waals surface area contributed by atoms with E-state index in [0.29, 0.717) is 30.2 Å². The number of halogens is 1. The molecule has 118 valence electrons. The monoisotopic (exact) mass is 314 g/mol. The molecule has 1 rings (SSSR count). The van der Waals surface area contributed by atoms with Crippen LogP contribution in [0.4, 0.5) is 4.39 Å². The van der Waals surface area contributed by atoms with Crippen LogP contribution in [0.3, 0.4) is 0 Å². The van der Waals surface area contributed by atoms with Gasteiger partial charge < -0.3 is 15.0 Å². The van der Waals surface area contributed by atoms with Gasteiger partial charge in [0.1, 0.15) is 5.82 Å². The predicted molar refractivity (Wildman–Crippen MR) is 84.1 cm³/mol. The van der Waals surface area contributed by atoms with Crippen molar-refractivity contribution < 1.29 is 13.9 Å². The Bertz CT molecular complexity index is 432. The van der Waals surface area contributed by atoms with Gasteiger partial charge in [0.15, 0.2) is 0 Å². The molecule has 0 saturated carbocycles. The molecule has 1 aromatic carbocycles. The Morgan fingerprint density at radius 1 is 1.38 bits per heavy atom. The van der Waals surface area contributed by atoms with E-state index in [9.17, 15) is 9.18 Å². The van der Waals surface area contributed by atoms with Crippen LogP contribution in [0.25, 0.3) is 0 Å². The van der Waals surface area contributed by atoms with Gasteiger partial charge in [0.2, 0.25) is 5.91 Å². The zero-order valence-electron chi connectivity index (χ0n) is 12.6. The summed E-state index contributed by atoms with van der Waals surface area (Å²) in [4.78, 5) is 14.3. The zero-order chi connectivity index (χ0) is 15.5. The van der Waals surface area contributed by atoms with Gasteiger partial charge in [0.05, 0.1) is 6.61 Å². The predicted octanol–water partition coefficient (Wildman–Crippen LogP) is 2.00. The second kappa shape index (κ2) is 10.6. The maximum Gasteiger partial charge on any atom is 0.220 e. The van der Waals surface area contributed by atoms with E-state index < -0.39 is 0 Å². The Labute approximate surface area is 130 Å². The van der Waals surface area contributed by atoms with Gasteiger partial charge in [-0.3, -0.25) is 4.79 Å². The Morgan fingerprint density at radius 2 is 2.14 bits per heavy atom. The summed E-state index contributed by atoms with van der Waals surface area (Å²) in [6, 6.07) is 6.61.